The lowest BCUT2D eigenvalue weighted by Gasteiger charge is -2.19. The van der Waals surface area contributed by atoms with Crippen LogP contribution in [0.3, 0.4) is 0 Å². The molecule has 1 aliphatic carbocycles. The molecule has 0 aromatic carbocycles. The molecule has 0 aromatic rings. The summed E-state index contributed by atoms with van der Waals surface area (Å²) in [7, 11) is 0. The molecule has 1 saturated heterocycles. The maximum Gasteiger partial charge on any atom is 0.226 e. The van der Waals surface area contributed by atoms with E-state index in [1.165, 1.54) is 0 Å². The molecule has 1 fully saturated rings. The van der Waals surface area contributed by atoms with Crippen LogP contribution < -0.4 is 0 Å². The van der Waals surface area contributed by atoms with E-state index >= 15 is 0 Å². The fourth-order valence-corrected chi connectivity index (χ4v) is 2.02. The van der Waals surface area contributed by atoms with Crippen molar-refractivity contribution in [3.05, 3.63) is 12.2 Å². The molecule has 1 aliphatic heterocycles. The number of likely N-dealkylation sites (tertiary alicyclic amines) is 1. The Morgan fingerprint density at radius 2 is 2.08 bits per heavy atom. The van der Waals surface area contributed by atoms with E-state index in [1.54, 1.807) is 4.90 Å². The molecule has 1 atom stereocenters. The van der Waals surface area contributed by atoms with E-state index in [9.17, 15) is 9.90 Å². The minimum absolute atomic E-state index is 0.158. The highest BCUT2D eigenvalue weighted by atomic mass is 16.3. The predicted molar refractivity (Wildman–Crippen MR) is 49.1 cm³/mol. The second kappa shape index (κ2) is 3.50. The number of aliphatic hydroxyl groups is 1. The van der Waals surface area contributed by atoms with Crippen molar-refractivity contribution in [2.45, 2.75) is 25.4 Å². The zero-order valence-electron chi connectivity index (χ0n) is 7.65. The highest BCUT2D eigenvalue weighted by Gasteiger charge is 2.29. The summed E-state index contributed by atoms with van der Waals surface area (Å²) in [6.07, 6.45) is 6.34. The summed E-state index contributed by atoms with van der Waals surface area (Å²) in [5.41, 5.74) is 0. The molecule has 2 rings (SSSR count). The Balaban J connectivity index is 1.90. The van der Waals surface area contributed by atoms with Crippen molar-refractivity contribution in [1.82, 2.24) is 4.90 Å². The van der Waals surface area contributed by atoms with E-state index in [-0.39, 0.29) is 17.9 Å². The molecule has 0 radical (unpaired) electrons. The van der Waals surface area contributed by atoms with E-state index in [0.717, 1.165) is 25.8 Å². The van der Waals surface area contributed by atoms with Crippen LogP contribution in [0.4, 0.5) is 0 Å². The first-order valence-corrected chi connectivity index (χ1v) is 4.89. The van der Waals surface area contributed by atoms with Crippen molar-refractivity contribution in [1.29, 1.82) is 0 Å². The van der Waals surface area contributed by atoms with Crippen molar-refractivity contribution in [3.63, 3.8) is 0 Å². The van der Waals surface area contributed by atoms with E-state index in [0.29, 0.717) is 6.54 Å². The van der Waals surface area contributed by atoms with E-state index in [4.69, 9.17) is 0 Å². The molecule has 2 aliphatic rings. The van der Waals surface area contributed by atoms with Crippen LogP contribution >= 0.6 is 0 Å². The van der Waals surface area contributed by atoms with Gasteiger partial charge in [0.15, 0.2) is 0 Å². The average Bonchev–Trinajstić information content (AvgIpc) is 2.72. The van der Waals surface area contributed by atoms with Gasteiger partial charge < -0.3 is 10.0 Å². The molecule has 1 amide bonds. The van der Waals surface area contributed by atoms with E-state index < -0.39 is 0 Å². The molecular formula is C10H15NO2. The van der Waals surface area contributed by atoms with Gasteiger partial charge in [-0.1, -0.05) is 12.2 Å². The average molecular weight is 181 g/mol. The van der Waals surface area contributed by atoms with Crippen molar-refractivity contribution in [2.75, 3.05) is 13.1 Å². The third-order valence-corrected chi connectivity index (χ3v) is 2.83. The normalized spacial score (nSPS) is 28.7. The van der Waals surface area contributed by atoms with Crippen LogP contribution in [0.1, 0.15) is 19.3 Å². The van der Waals surface area contributed by atoms with Gasteiger partial charge in [0.1, 0.15) is 0 Å². The second-order valence-electron chi connectivity index (χ2n) is 3.87. The third kappa shape index (κ3) is 1.75. The lowest BCUT2D eigenvalue weighted by atomic mass is 10.1. The smallest absolute Gasteiger partial charge is 0.226 e. The summed E-state index contributed by atoms with van der Waals surface area (Å²) in [4.78, 5) is 13.6. The summed E-state index contributed by atoms with van der Waals surface area (Å²) in [5, 5.41) is 9.28. The first kappa shape index (κ1) is 8.75. The first-order chi connectivity index (χ1) is 6.27. The number of nitrogens with zero attached hydrogens (tertiary/aromatic N) is 1. The van der Waals surface area contributed by atoms with Crippen molar-refractivity contribution >= 4 is 5.91 Å². The molecule has 1 N–H and O–H groups in total. The Morgan fingerprint density at radius 1 is 1.38 bits per heavy atom. The maximum absolute atomic E-state index is 11.8. The highest BCUT2D eigenvalue weighted by Crippen LogP contribution is 2.22. The predicted octanol–water partition coefficient (Wildman–Crippen LogP) is 0.546. The standard InChI is InChI=1S/C10H15NO2/c12-9-5-6-11(7-9)10(13)8-3-1-2-4-8/h1-2,8-9,12H,3-7H2/t9-/m0/s1. The molecular weight excluding hydrogens is 166 g/mol. The molecule has 0 spiro atoms. The van der Waals surface area contributed by atoms with Crippen LogP contribution in [-0.4, -0.2) is 35.1 Å². The monoisotopic (exact) mass is 181 g/mol. The summed E-state index contributed by atoms with van der Waals surface area (Å²) >= 11 is 0. The summed E-state index contributed by atoms with van der Waals surface area (Å²) in [6.45, 7) is 1.27. The van der Waals surface area contributed by atoms with Crippen LogP contribution in [0.15, 0.2) is 12.2 Å². The number of allylic oxidation sites excluding steroid dienone is 2. The van der Waals surface area contributed by atoms with Crippen LogP contribution in [0.5, 0.6) is 0 Å². The lowest BCUT2D eigenvalue weighted by molar-refractivity contribution is -0.134. The van der Waals surface area contributed by atoms with Crippen LogP contribution in [0.2, 0.25) is 0 Å². The third-order valence-electron chi connectivity index (χ3n) is 2.83. The molecule has 1 heterocycles. The van der Waals surface area contributed by atoms with Gasteiger partial charge in [0, 0.05) is 19.0 Å². The summed E-state index contributed by atoms with van der Waals surface area (Å²) in [6, 6.07) is 0. The number of β-amino-alcohol motifs (C(OH)–C–C–N with tert-alkyl or cyclic N) is 1. The lowest BCUT2D eigenvalue weighted by Crippen LogP contribution is -2.34. The topological polar surface area (TPSA) is 40.5 Å². The Labute approximate surface area is 78.0 Å². The maximum atomic E-state index is 11.8. The Hall–Kier alpha value is -0.830. The first-order valence-electron chi connectivity index (χ1n) is 4.89. The van der Waals surface area contributed by atoms with Crippen molar-refractivity contribution in [2.24, 2.45) is 5.92 Å². The molecule has 3 heteroatoms. The minimum atomic E-state index is -0.293. The molecule has 3 nitrogen and oxygen atoms in total. The van der Waals surface area contributed by atoms with Gasteiger partial charge in [0.25, 0.3) is 0 Å². The second-order valence-corrected chi connectivity index (χ2v) is 3.87. The number of aliphatic hydroxyl groups excluding tert-OH is 1. The summed E-state index contributed by atoms with van der Waals surface area (Å²) < 4.78 is 0. The van der Waals surface area contributed by atoms with Gasteiger partial charge in [-0.3, -0.25) is 4.79 Å². The largest absolute Gasteiger partial charge is 0.391 e. The van der Waals surface area contributed by atoms with Crippen LogP contribution in [0, 0.1) is 5.92 Å². The number of rotatable bonds is 1. The van der Waals surface area contributed by atoms with Gasteiger partial charge in [0.05, 0.1) is 6.10 Å². The fourth-order valence-electron chi connectivity index (χ4n) is 2.02. The van der Waals surface area contributed by atoms with Gasteiger partial charge in [-0.2, -0.15) is 0 Å². The molecule has 13 heavy (non-hydrogen) atoms. The van der Waals surface area contributed by atoms with Gasteiger partial charge in [-0.15, -0.1) is 0 Å². The molecule has 0 unspecified atom stereocenters. The Kier molecular flexibility index (Phi) is 2.36. The van der Waals surface area contributed by atoms with Gasteiger partial charge in [0.2, 0.25) is 5.91 Å². The van der Waals surface area contributed by atoms with E-state index in [1.807, 2.05) is 0 Å². The molecule has 72 valence electrons. The SMILES string of the molecule is O=C(C1CC=CC1)N1CC[C@H](O)C1. The van der Waals surface area contributed by atoms with Gasteiger partial charge in [-0.25, -0.2) is 0 Å². The highest BCUT2D eigenvalue weighted by molar-refractivity contribution is 5.80. The van der Waals surface area contributed by atoms with Gasteiger partial charge >= 0.3 is 0 Å². The van der Waals surface area contributed by atoms with Gasteiger partial charge in [-0.05, 0) is 19.3 Å². The Bertz CT molecular complexity index is 229. The van der Waals surface area contributed by atoms with Crippen LogP contribution in [-0.2, 0) is 4.79 Å². The fraction of sp³-hybridized carbons (Fsp3) is 0.700. The molecule has 0 aromatic heterocycles. The molecule has 0 bridgehead atoms. The number of carbonyl (C=O) groups is 1. The molecule has 0 saturated carbocycles. The number of hydrogen-bond donors (Lipinski definition) is 1. The van der Waals surface area contributed by atoms with Crippen molar-refractivity contribution in [3.8, 4) is 0 Å². The number of hydrogen-bond acceptors (Lipinski definition) is 2. The quantitative estimate of drug-likeness (QED) is 0.600. The minimum Gasteiger partial charge on any atom is -0.391 e. The zero-order chi connectivity index (χ0) is 9.26. The number of amides is 1. The Morgan fingerprint density at radius 3 is 2.62 bits per heavy atom. The number of carbonyl (C=O) groups excluding carboxylic acids is 1. The van der Waals surface area contributed by atoms with Crippen LogP contribution in [0.25, 0.3) is 0 Å². The summed E-state index contributed by atoms with van der Waals surface area (Å²) in [5.74, 6) is 0.381. The van der Waals surface area contributed by atoms with E-state index in [2.05, 4.69) is 12.2 Å². The zero-order valence-corrected chi connectivity index (χ0v) is 7.65. The van der Waals surface area contributed by atoms with Crippen molar-refractivity contribution < 1.29 is 9.90 Å².